The third-order valence-electron chi connectivity index (χ3n) is 1.19. The van der Waals surface area contributed by atoms with Crippen molar-refractivity contribution in [3.63, 3.8) is 0 Å². The Hall–Kier alpha value is -0.490. The molecule has 2 unspecified atom stereocenters. The molecule has 11 heavy (non-hydrogen) atoms. The molecule has 66 valence electrons. The molecule has 2 atom stereocenters. The molecular weight excluding hydrogens is 152 g/mol. The molecule has 3 N–H and O–H groups in total. The fourth-order valence-corrected chi connectivity index (χ4v) is 0.570. The van der Waals surface area contributed by atoms with E-state index in [-0.39, 0.29) is 6.61 Å². The van der Waals surface area contributed by atoms with Crippen LogP contribution < -0.4 is 0 Å². The Kier molecular flexibility index (Phi) is 4.97. The van der Waals surface area contributed by atoms with Crippen molar-refractivity contribution in [1.29, 1.82) is 0 Å². The average Bonchev–Trinajstić information content (AvgIpc) is 2.02. The fourth-order valence-electron chi connectivity index (χ4n) is 0.570. The summed E-state index contributed by atoms with van der Waals surface area (Å²) in [5, 5.41) is 26.1. The molecule has 0 aromatic carbocycles. The first kappa shape index (κ1) is 10.5. The highest BCUT2D eigenvalue weighted by molar-refractivity contribution is 5.84. The maximum Gasteiger partial charge on any atom is 0.189 e. The second-order valence-corrected chi connectivity index (χ2v) is 2.09. The Morgan fingerprint density at radius 2 is 2.09 bits per heavy atom. The number of hydrogen-bond donors (Lipinski definition) is 3. The van der Waals surface area contributed by atoms with Crippen LogP contribution in [0.1, 0.15) is 0 Å². The van der Waals surface area contributed by atoms with E-state index >= 15 is 0 Å². The van der Waals surface area contributed by atoms with Gasteiger partial charge in [-0.05, 0) is 0 Å². The molecule has 0 amide bonds. The Morgan fingerprint density at radius 3 is 2.45 bits per heavy atom. The van der Waals surface area contributed by atoms with E-state index in [0.29, 0.717) is 0 Å². The molecule has 0 radical (unpaired) electrons. The summed E-state index contributed by atoms with van der Waals surface area (Å²) < 4.78 is 4.48. The van der Waals surface area contributed by atoms with Crippen LogP contribution in [-0.4, -0.2) is 53.6 Å². The molecule has 0 aromatic rings. The molecular formula is C6H12O5. The lowest BCUT2D eigenvalue weighted by Crippen LogP contribution is -2.38. The Labute approximate surface area is 64.2 Å². The molecule has 0 rings (SSSR count). The van der Waals surface area contributed by atoms with E-state index in [0.717, 1.165) is 0 Å². The van der Waals surface area contributed by atoms with Gasteiger partial charge in [-0.3, -0.25) is 4.79 Å². The van der Waals surface area contributed by atoms with Gasteiger partial charge in [-0.15, -0.1) is 0 Å². The van der Waals surface area contributed by atoms with Crippen LogP contribution in [0.5, 0.6) is 0 Å². The average molecular weight is 164 g/mol. The van der Waals surface area contributed by atoms with E-state index in [4.69, 9.17) is 15.3 Å². The maximum absolute atomic E-state index is 10.5. The zero-order valence-electron chi connectivity index (χ0n) is 6.23. The molecule has 0 heterocycles. The van der Waals surface area contributed by atoms with Crippen LogP contribution in [-0.2, 0) is 9.53 Å². The fraction of sp³-hybridized carbons (Fsp3) is 0.833. The summed E-state index contributed by atoms with van der Waals surface area (Å²) in [5.74, 6) is -0.811. The number of methoxy groups -OCH3 is 1. The number of aliphatic hydroxyl groups excluding tert-OH is 3. The van der Waals surface area contributed by atoms with Gasteiger partial charge in [0.05, 0.1) is 6.61 Å². The van der Waals surface area contributed by atoms with Crippen LogP contribution in [0.3, 0.4) is 0 Å². The number of ketones is 1. The van der Waals surface area contributed by atoms with Gasteiger partial charge in [0.2, 0.25) is 0 Å². The van der Waals surface area contributed by atoms with Gasteiger partial charge in [0, 0.05) is 7.11 Å². The minimum atomic E-state index is -1.56. The molecule has 0 bridgehead atoms. The molecule has 0 fully saturated rings. The van der Waals surface area contributed by atoms with Gasteiger partial charge in [0.1, 0.15) is 18.8 Å². The minimum absolute atomic E-state index is 0.132. The predicted octanol–water partition coefficient (Wildman–Crippen LogP) is -2.08. The molecule has 0 aliphatic carbocycles. The third-order valence-corrected chi connectivity index (χ3v) is 1.19. The van der Waals surface area contributed by atoms with Crippen molar-refractivity contribution in [1.82, 2.24) is 0 Å². The van der Waals surface area contributed by atoms with E-state index in [1.54, 1.807) is 0 Å². The normalized spacial score (nSPS) is 16.0. The summed E-state index contributed by atoms with van der Waals surface area (Å²) in [5.41, 5.74) is 0. The molecule has 5 nitrogen and oxygen atoms in total. The van der Waals surface area contributed by atoms with Crippen LogP contribution in [0.2, 0.25) is 0 Å². The largest absolute Gasteiger partial charge is 0.388 e. The van der Waals surface area contributed by atoms with E-state index in [1.807, 2.05) is 0 Å². The monoisotopic (exact) mass is 164 g/mol. The van der Waals surface area contributed by atoms with Gasteiger partial charge in [-0.1, -0.05) is 0 Å². The van der Waals surface area contributed by atoms with E-state index in [9.17, 15) is 4.79 Å². The number of Topliss-reactive ketones (excluding diaryl/α,β-unsaturated/α-hetero) is 1. The number of hydrogen-bond acceptors (Lipinski definition) is 5. The SMILES string of the molecule is COCC(O)C(O)C(=O)CO. The minimum Gasteiger partial charge on any atom is -0.388 e. The van der Waals surface area contributed by atoms with E-state index < -0.39 is 24.6 Å². The third kappa shape index (κ3) is 3.43. The lowest BCUT2D eigenvalue weighted by Gasteiger charge is -2.14. The zero-order valence-corrected chi connectivity index (χ0v) is 6.23. The first-order chi connectivity index (χ1) is 5.13. The smallest absolute Gasteiger partial charge is 0.189 e. The summed E-state index contributed by atoms with van der Waals surface area (Å²) >= 11 is 0. The van der Waals surface area contributed by atoms with Crippen molar-refractivity contribution in [2.45, 2.75) is 12.2 Å². The number of aliphatic hydroxyl groups is 3. The van der Waals surface area contributed by atoms with Crippen LogP contribution in [0.25, 0.3) is 0 Å². The van der Waals surface area contributed by atoms with Crippen molar-refractivity contribution in [2.24, 2.45) is 0 Å². The van der Waals surface area contributed by atoms with Gasteiger partial charge in [0.15, 0.2) is 5.78 Å². The summed E-state index contributed by atoms with van der Waals surface area (Å²) in [6.07, 6.45) is -2.82. The first-order valence-corrected chi connectivity index (χ1v) is 3.12. The number of carbonyl (C=O) groups is 1. The molecule has 0 spiro atoms. The van der Waals surface area contributed by atoms with Crippen molar-refractivity contribution in [2.75, 3.05) is 20.3 Å². The van der Waals surface area contributed by atoms with Gasteiger partial charge < -0.3 is 20.1 Å². The predicted molar refractivity (Wildman–Crippen MR) is 36.0 cm³/mol. The Morgan fingerprint density at radius 1 is 1.55 bits per heavy atom. The number of rotatable bonds is 5. The van der Waals surface area contributed by atoms with E-state index in [2.05, 4.69) is 4.74 Å². The van der Waals surface area contributed by atoms with Crippen molar-refractivity contribution < 1.29 is 24.9 Å². The highest BCUT2D eigenvalue weighted by Crippen LogP contribution is 1.94. The summed E-state index contributed by atoms with van der Waals surface area (Å²) in [4.78, 5) is 10.5. The number of carbonyl (C=O) groups excluding carboxylic acids is 1. The number of ether oxygens (including phenoxy) is 1. The molecule has 0 aromatic heterocycles. The lowest BCUT2D eigenvalue weighted by molar-refractivity contribution is -0.137. The van der Waals surface area contributed by atoms with Crippen molar-refractivity contribution in [3.05, 3.63) is 0 Å². The highest BCUT2D eigenvalue weighted by atomic mass is 16.5. The standard InChI is InChI=1S/C6H12O5/c1-11-3-5(9)6(10)4(8)2-7/h5-7,9-10H,2-3H2,1H3. The van der Waals surface area contributed by atoms with Gasteiger partial charge in [-0.2, -0.15) is 0 Å². The Balaban J connectivity index is 3.80. The van der Waals surface area contributed by atoms with Gasteiger partial charge >= 0.3 is 0 Å². The van der Waals surface area contributed by atoms with Gasteiger partial charge in [0.25, 0.3) is 0 Å². The zero-order chi connectivity index (χ0) is 8.85. The van der Waals surface area contributed by atoms with Crippen LogP contribution >= 0.6 is 0 Å². The van der Waals surface area contributed by atoms with Crippen molar-refractivity contribution in [3.8, 4) is 0 Å². The van der Waals surface area contributed by atoms with Crippen LogP contribution in [0.4, 0.5) is 0 Å². The van der Waals surface area contributed by atoms with Gasteiger partial charge in [-0.25, -0.2) is 0 Å². The van der Waals surface area contributed by atoms with Crippen LogP contribution in [0, 0.1) is 0 Å². The maximum atomic E-state index is 10.5. The molecule has 0 saturated heterocycles. The van der Waals surface area contributed by atoms with Crippen molar-refractivity contribution >= 4 is 5.78 Å². The topological polar surface area (TPSA) is 87.0 Å². The molecule has 0 aliphatic heterocycles. The lowest BCUT2D eigenvalue weighted by atomic mass is 10.1. The highest BCUT2D eigenvalue weighted by Gasteiger charge is 2.22. The first-order valence-electron chi connectivity index (χ1n) is 3.12. The Bertz CT molecular complexity index is 124. The van der Waals surface area contributed by atoms with E-state index in [1.165, 1.54) is 7.11 Å². The summed E-state index contributed by atoms with van der Waals surface area (Å²) in [6, 6.07) is 0. The van der Waals surface area contributed by atoms with Crippen LogP contribution in [0.15, 0.2) is 0 Å². The molecule has 0 saturated carbocycles. The molecule has 0 aliphatic rings. The second kappa shape index (κ2) is 5.20. The second-order valence-electron chi connectivity index (χ2n) is 2.09. The summed E-state index contributed by atoms with van der Waals surface area (Å²) in [7, 11) is 1.33. The summed E-state index contributed by atoms with van der Waals surface area (Å²) in [6.45, 7) is -0.908. The molecule has 5 heteroatoms. The quantitative estimate of drug-likeness (QED) is 0.434.